The van der Waals surface area contributed by atoms with Gasteiger partial charge in [-0.05, 0) is 47.5 Å². The Balaban J connectivity index is 1.86. The van der Waals surface area contributed by atoms with Crippen LogP contribution in [-0.2, 0) is 13.2 Å². The molecule has 0 saturated carbocycles. The average molecular weight is 501 g/mol. The molecule has 2 heterocycles. The first-order valence-electron chi connectivity index (χ1n) is 10.4. The van der Waals surface area contributed by atoms with Crippen LogP contribution in [0.3, 0.4) is 0 Å². The lowest BCUT2D eigenvalue weighted by Gasteiger charge is -2.18. The molecule has 1 atom stereocenters. The van der Waals surface area contributed by atoms with E-state index in [9.17, 15) is 27.2 Å². The standard InChI is InChI=1S/C23H19F4N7O2/c1-11(12-3-14(23(25,26)27)7-16(28)5-12)18-9-20(35)34(31-21(18)22(29)36)17-6-13(4-15(24)8-17)19-10-30-32-33(19)2/h3-11H,28H2,1-2H3,(H2,29,36)/t11-/m1/s1. The van der Waals surface area contributed by atoms with Gasteiger partial charge >= 0.3 is 6.18 Å². The van der Waals surface area contributed by atoms with Gasteiger partial charge in [0.1, 0.15) is 5.82 Å². The Morgan fingerprint density at radius 1 is 1.08 bits per heavy atom. The first kappa shape index (κ1) is 24.6. The molecule has 9 nitrogen and oxygen atoms in total. The maximum Gasteiger partial charge on any atom is 0.416 e. The number of halogens is 4. The quantitative estimate of drug-likeness (QED) is 0.319. The zero-order valence-corrected chi connectivity index (χ0v) is 18.9. The molecule has 0 fully saturated rings. The van der Waals surface area contributed by atoms with E-state index in [1.54, 1.807) is 7.05 Å². The van der Waals surface area contributed by atoms with Gasteiger partial charge in [-0.15, -0.1) is 5.10 Å². The summed E-state index contributed by atoms with van der Waals surface area (Å²) in [6, 6.07) is 7.66. The van der Waals surface area contributed by atoms with Crippen molar-refractivity contribution in [3.05, 3.63) is 87.2 Å². The Kier molecular flexibility index (Phi) is 6.08. The Morgan fingerprint density at radius 2 is 1.81 bits per heavy atom. The number of carbonyl (C=O) groups excluding carboxylic acids is 1. The molecule has 4 rings (SSSR count). The third-order valence-electron chi connectivity index (χ3n) is 5.60. The minimum atomic E-state index is -4.66. The fraction of sp³-hybridized carbons (Fsp3) is 0.174. The molecule has 0 unspecified atom stereocenters. The van der Waals surface area contributed by atoms with E-state index in [1.807, 2.05) is 0 Å². The zero-order valence-electron chi connectivity index (χ0n) is 18.9. The minimum absolute atomic E-state index is 0.00469. The fourth-order valence-electron chi connectivity index (χ4n) is 3.84. The second-order valence-corrected chi connectivity index (χ2v) is 8.11. The second kappa shape index (κ2) is 8.91. The molecule has 4 N–H and O–H groups in total. The highest BCUT2D eigenvalue weighted by Crippen LogP contribution is 2.35. The summed E-state index contributed by atoms with van der Waals surface area (Å²) >= 11 is 0. The van der Waals surface area contributed by atoms with Gasteiger partial charge in [0.15, 0.2) is 5.69 Å². The van der Waals surface area contributed by atoms with Crippen molar-refractivity contribution in [2.24, 2.45) is 12.8 Å². The molecule has 4 aromatic rings. The number of amides is 1. The molecule has 13 heteroatoms. The lowest BCUT2D eigenvalue weighted by molar-refractivity contribution is -0.137. The smallest absolute Gasteiger partial charge is 0.399 e. The van der Waals surface area contributed by atoms with Crippen LogP contribution in [0.5, 0.6) is 0 Å². The number of alkyl halides is 3. The summed E-state index contributed by atoms with van der Waals surface area (Å²) < 4.78 is 56.5. The Labute approximate surface area is 201 Å². The number of anilines is 1. The van der Waals surface area contributed by atoms with Crippen molar-refractivity contribution in [1.82, 2.24) is 24.8 Å². The summed E-state index contributed by atoms with van der Waals surface area (Å²) in [5.41, 5.74) is 9.76. The summed E-state index contributed by atoms with van der Waals surface area (Å²) in [4.78, 5) is 25.3. The average Bonchev–Trinajstić information content (AvgIpc) is 3.22. The van der Waals surface area contributed by atoms with Gasteiger partial charge in [-0.2, -0.15) is 23.0 Å². The Morgan fingerprint density at radius 3 is 2.42 bits per heavy atom. The highest BCUT2D eigenvalue weighted by Gasteiger charge is 2.32. The largest absolute Gasteiger partial charge is 0.416 e. The molecule has 2 aromatic carbocycles. The number of aromatic nitrogens is 5. The number of carbonyl (C=O) groups is 1. The van der Waals surface area contributed by atoms with Crippen LogP contribution in [0.1, 0.15) is 40.0 Å². The summed E-state index contributed by atoms with van der Waals surface area (Å²) in [6.45, 7) is 1.48. The van der Waals surface area contributed by atoms with E-state index in [0.29, 0.717) is 11.3 Å². The lowest BCUT2D eigenvalue weighted by Crippen LogP contribution is -2.28. The van der Waals surface area contributed by atoms with Gasteiger partial charge < -0.3 is 11.5 Å². The Hall–Kier alpha value is -4.55. The van der Waals surface area contributed by atoms with E-state index in [2.05, 4.69) is 15.4 Å². The number of hydrogen-bond acceptors (Lipinski definition) is 6. The number of aryl methyl sites for hydroxylation is 1. The number of rotatable bonds is 5. The van der Waals surface area contributed by atoms with Crippen LogP contribution in [0.2, 0.25) is 0 Å². The highest BCUT2D eigenvalue weighted by molar-refractivity contribution is 5.92. The highest BCUT2D eigenvalue weighted by atomic mass is 19.4. The van der Waals surface area contributed by atoms with Crippen LogP contribution in [0.15, 0.2) is 53.5 Å². The van der Waals surface area contributed by atoms with Crippen LogP contribution in [-0.4, -0.2) is 30.7 Å². The molecule has 0 saturated heterocycles. The van der Waals surface area contributed by atoms with E-state index >= 15 is 0 Å². The Bertz CT molecular complexity index is 1540. The van der Waals surface area contributed by atoms with Crippen LogP contribution in [0.25, 0.3) is 16.9 Å². The summed E-state index contributed by atoms with van der Waals surface area (Å²) in [5, 5.41) is 11.6. The molecule has 0 aliphatic rings. The molecular weight excluding hydrogens is 482 g/mol. The second-order valence-electron chi connectivity index (χ2n) is 8.11. The van der Waals surface area contributed by atoms with Gasteiger partial charge in [-0.1, -0.05) is 12.1 Å². The van der Waals surface area contributed by atoms with Crippen LogP contribution in [0, 0.1) is 5.82 Å². The maximum absolute atomic E-state index is 14.4. The van der Waals surface area contributed by atoms with Crippen molar-refractivity contribution in [2.45, 2.75) is 19.0 Å². The molecule has 0 spiro atoms. The van der Waals surface area contributed by atoms with Gasteiger partial charge in [0.25, 0.3) is 11.5 Å². The normalized spacial score (nSPS) is 12.5. The van der Waals surface area contributed by atoms with Crippen LogP contribution >= 0.6 is 0 Å². The number of nitrogens with zero attached hydrogens (tertiary/aromatic N) is 5. The van der Waals surface area contributed by atoms with Gasteiger partial charge in [0.2, 0.25) is 0 Å². The van der Waals surface area contributed by atoms with Gasteiger partial charge in [0, 0.05) is 30.3 Å². The third-order valence-corrected chi connectivity index (χ3v) is 5.60. The van der Waals surface area contributed by atoms with Gasteiger partial charge in [0.05, 0.1) is 23.1 Å². The number of nitrogens with two attached hydrogens (primary N) is 2. The van der Waals surface area contributed by atoms with Crippen LogP contribution < -0.4 is 17.0 Å². The summed E-state index contributed by atoms with van der Waals surface area (Å²) in [5.74, 6) is -2.64. The minimum Gasteiger partial charge on any atom is -0.399 e. The van der Waals surface area contributed by atoms with Crippen LogP contribution in [0.4, 0.5) is 23.2 Å². The van der Waals surface area contributed by atoms with Crippen molar-refractivity contribution in [1.29, 1.82) is 0 Å². The molecule has 2 aromatic heterocycles. The summed E-state index contributed by atoms with van der Waals surface area (Å²) in [7, 11) is 1.60. The molecule has 0 bridgehead atoms. The van der Waals surface area contributed by atoms with Crippen molar-refractivity contribution in [2.75, 3.05) is 5.73 Å². The number of primary amides is 1. The van der Waals surface area contributed by atoms with Crippen molar-refractivity contribution >= 4 is 11.6 Å². The van der Waals surface area contributed by atoms with E-state index in [-0.39, 0.29) is 28.2 Å². The van der Waals surface area contributed by atoms with Crippen molar-refractivity contribution in [3.8, 4) is 16.9 Å². The van der Waals surface area contributed by atoms with E-state index in [4.69, 9.17) is 11.5 Å². The molecule has 36 heavy (non-hydrogen) atoms. The zero-order chi connectivity index (χ0) is 26.4. The first-order chi connectivity index (χ1) is 16.8. The SMILES string of the molecule is C[C@H](c1cc(N)cc(C(F)(F)F)c1)c1cc(=O)n(-c2cc(F)cc(-c3cnnn3C)c2)nc1C(N)=O. The van der Waals surface area contributed by atoms with Gasteiger partial charge in [-0.3, -0.25) is 9.59 Å². The third kappa shape index (κ3) is 4.67. The van der Waals surface area contributed by atoms with Crippen molar-refractivity contribution in [3.63, 3.8) is 0 Å². The molecule has 186 valence electrons. The first-order valence-corrected chi connectivity index (χ1v) is 10.4. The fourth-order valence-corrected chi connectivity index (χ4v) is 3.84. The monoisotopic (exact) mass is 501 g/mol. The number of hydrogen-bond donors (Lipinski definition) is 2. The molecular formula is C23H19F4N7O2. The van der Waals surface area contributed by atoms with Crippen molar-refractivity contribution < 1.29 is 22.4 Å². The van der Waals surface area contributed by atoms with E-state index < -0.39 is 34.9 Å². The number of benzene rings is 2. The van der Waals surface area contributed by atoms with E-state index in [1.165, 1.54) is 36.0 Å². The molecule has 1 amide bonds. The molecule has 0 aliphatic heterocycles. The lowest BCUT2D eigenvalue weighted by atomic mass is 9.90. The number of nitrogen functional groups attached to an aromatic ring is 1. The predicted molar refractivity (Wildman–Crippen MR) is 122 cm³/mol. The summed E-state index contributed by atoms with van der Waals surface area (Å²) in [6.07, 6.45) is -3.26. The topological polar surface area (TPSA) is 135 Å². The molecule has 0 aliphatic carbocycles. The van der Waals surface area contributed by atoms with E-state index in [0.717, 1.165) is 28.9 Å². The van der Waals surface area contributed by atoms with Gasteiger partial charge in [-0.25, -0.2) is 9.07 Å². The molecule has 0 radical (unpaired) electrons. The maximum atomic E-state index is 14.4. The predicted octanol–water partition coefficient (Wildman–Crippen LogP) is 3.02.